The number of halogens is 1. The molecule has 0 saturated carbocycles. The number of ether oxygens (including phenoxy) is 1. The maximum absolute atomic E-state index is 5.53. The van der Waals surface area contributed by atoms with Crippen LogP contribution < -0.4 is 10.1 Å². The van der Waals surface area contributed by atoms with E-state index in [4.69, 9.17) is 9.15 Å². The summed E-state index contributed by atoms with van der Waals surface area (Å²) in [5.74, 6) is 0.812. The average Bonchev–Trinajstić information content (AvgIpc) is 2.90. The first kappa shape index (κ1) is 13.1. The molecule has 4 heteroatoms. The molecule has 1 aromatic heterocycles. The molecule has 0 fully saturated rings. The van der Waals surface area contributed by atoms with E-state index < -0.39 is 0 Å². The number of methoxy groups -OCH3 is 1. The van der Waals surface area contributed by atoms with Crippen molar-refractivity contribution in [3.05, 3.63) is 58.8 Å². The second kappa shape index (κ2) is 5.59. The minimum absolute atomic E-state index is 0.710. The maximum atomic E-state index is 5.53. The molecule has 1 N–H and O–H groups in total. The predicted molar refractivity (Wildman–Crippen MR) is 84.2 cm³/mol. The van der Waals surface area contributed by atoms with Gasteiger partial charge in [0.15, 0.2) is 0 Å². The number of hydrogen-bond acceptors (Lipinski definition) is 3. The average molecular weight is 332 g/mol. The second-order valence-electron chi connectivity index (χ2n) is 4.46. The fourth-order valence-electron chi connectivity index (χ4n) is 2.14. The monoisotopic (exact) mass is 331 g/mol. The van der Waals surface area contributed by atoms with Gasteiger partial charge in [0.25, 0.3) is 0 Å². The normalized spacial score (nSPS) is 10.7. The van der Waals surface area contributed by atoms with Crippen molar-refractivity contribution in [3.8, 4) is 5.75 Å². The lowest BCUT2D eigenvalue weighted by atomic mass is 10.2. The van der Waals surface area contributed by atoms with Crippen LogP contribution >= 0.6 is 15.9 Å². The first-order valence-electron chi connectivity index (χ1n) is 6.30. The summed E-state index contributed by atoms with van der Waals surface area (Å²) in [6.07, 6.45) is 1.80. The van der Waals surface area contributed by atoms with Crippen molar-refractivity contribution in [2.45, 2.75) is 6.54 Å². The zero-order chi connectivity index (χ0) is 13.9. The molecule has 0 bridgehead atoms. The number of benzene rings is 2. The molecule has 20 heavy (non-hydrogen) atoms. The molecule has 0 radical (unpaired) electrons. The van der Waals surface area contributed by atoms with Gasteiger partial charge in [0.05, 0.1) is 17.8 Å². The lowest BCUT2D eigenvalue weighted by Gasteiger charge is -2.08. The summed E-state index contributed by atoms with van der Waals surface area (Å²) in [4.78, 5) is 0. The molecule has 3 nitrogen and oxygen atoms in total. The van der Waals surface area contributed by atoms with Gasteiger partial charge < -0.3 is 14.5 Å². The van der Waals surface area contributed by atoms with Crippen molar-refractivity contribution in [2.24, 2.45) is 0 Å². The van der Waals surface area contributed by atoms with Gasteiger partial charge >= 0.3 is 0 Å². The lowest BCUT2D eigenvalue weighted by molar-refractivity contribution is 0.412. The molecule has 0 amide bonds. The molecule has 0 aliphatic carbocycles. The van der Waals surface area contributed by atoms with E-state index in [1.165, 1.54) is 0 Å². The minimum atomic E-state index is 0.710. The molecule has 1 heterocycles. The van der Waals surface area contributed by atoms with E-state index in [0.717, 1.165) is 32.4 Å². The van der Waals surface area contributed by atoms with E-state index in [2.05, 4.69) is 27.3 Å². The lowest BCUT2D eigenvalue weighted by Crippen LogP contribution is -1.99. The number of fused-ring (bicyclic) bond motifs is 1. The van der Waals surface area contributed by atoms with E-state index in [9.17, 15) is 0 Å². The largest absolute Gasteiger partial charge is 0.495 e. The fourth-order valence-corrected chi connectivity index (χ4v) is 2.55. The van der Waals surface area contributed by atoms with Crippen LogP contribution in [0.5, 0.6) is 5.75 Å². The number of hydrogen-bond donors (Lipinski definition) is 1. The van der Waals surface area contributed by atoms with Crippen molar-refractivity contribution < 1.29 is 9.15 Å². The van der Waals surface area contributed by atoms with Crippen LogP contribution in [0.25, 0.3) is 11.0 Å². The SMILES string of the molecule is COc1cc(NCc2coc3ccccc23)ccc1Br. The molecule has 2 aromatic carbocycles. The van der Waals surface area contributed by atoms with Gasteiger partial charge in [0, 0.05) is 29.2 Å². The Morgan fingerprint density at radius 3 is 2.90 bits per heavy atom. The van der Waals surface area contributed by atoms with Crippen molar-refractivity contribution >= 4 is 32.6 Å². The van der Waals surface area contributed by atoms with E-state index in [1.807, 2.05) is 36.4 Å². The van der Waals surface area contributed by atoms with Crippen molar-refractivity contribution in [1.29, 1.82) is 0 Å². The number of furan rings is 1. The topological polar surface area (TPSA) is 34.4 Å². The summed E-state index contributed by atoms with van der Waals surface area (Å²) in [5.41, 5.74) is 3.07. The highest BCUT2D eigenvalue weighted by atomic mass is 79.9. The zero-order valence-corrected chi connectivity index (χ0v) is 12.6. The van der Waals surface area contributed by atoms with Crippen LogP contribution in [-0.4, -0.2) is 7.11 Å². The highest BCUT2D eigenvalue weighted by molar-refractivity contribution is 9.10. The van der Waals surface area contributed by atoms with E-state index in [-0.39, 0.29) is 0 Å². The molecule has 0 aliphatic rings. The van der Waals surface area contributed by atoms with E-state index >= 15 is 0 Å². The van der Waals surface area contributed by atoms with Crippen LogP contribution in [0.15, 0.2) is 57.6 Å². The molecular formula is C16H14BrNO2. The number of para-hydroxylation sites is 1. The van der Waals surface area contributed by atoms with Crippen LogP contribution in [0.1, 0.15) is 5.56 Å². The summed E-state index contributed by atoms with van der Waals surface area (Å²) in [7, 11) is 1.66. The Morgan fingerprint density at radius 1 is 1.20 bits per heavy atom. The van der Waals surface area contributed by atoms with Gasteiger partial charge in [-0.2, -0.15) is 0 Å². The van der Waals surface area contributed by atoms with Crippen LogP contribution in [0, 0.1) is 0 Å². The van der Waals surface area contributed by atoms with Gasteiger partial charge in [-0.25, -0.2) is 0 Å². The molecule has 0 saturated heterocycles. The number of rotatable bonds is 4. The molecule has 0 aliphatic heterocycles. The zero-order valence-electron chi connectivity index (χ0n) is 11.0. The summed E-state index contributed by atoms with van der Waals surface area (Å²) in [6.45, 7) is 0.710. The first-order chi connectivity index (χ1) is 9.78. The minimum Gasteiger partial charge on any atom is -0.495 e. The Labute approximate surface area is 125 Å². The maximum Gasteiger partial charge on any atom is 0.135 e. The molecule has 102 valence electrons. The highest BCUT2D eigenvalue weighted by Gasteiger charge is 2.06. The quantitative estimate of drug-likeness (QED) is 0.744. The van der Waals surface area contributed by atoms with Crippen LogP contribution in [0.2, 0.25) is 0 Å². The standard InChI is InChI=1S/C16H14BrNO2/c1-19-16-8-12(6-7-14(16)17)18-9-11-10-20-15-5-3-2-4-13(11)15/h2-8,10,18H,9H2,1H3. The first-order valence-corrected chi connectivity index (χ1v) is 7.10. The predicted octanol–water partition coefficient (Wildman–Crippen LogP) is 4.82. The fraction of sp³-hybridized carbons (Fsp3) is 0.125. The van der Waals surface area contributed by atoms with Crippen LogP contribution in [0.3, 0.4) is 0 Å². The van der Waals surface area contributed by atoms with Crippen molar-refractivity contribution in [3.63, 3.8) is 0 Å². The second-order valence-corrected chi connectivity index (χ2v) is 5.31. The number of anilines is 1. The third kappa shape index (κ3) is 2.51. The van der Waals surface area contributed by atoms with Crippen molar-refractivity contribution in [2.75, 3.05) is 12.4 Å². The van der Waals surface area contributed by atoms with Crippen molar-refractivity contribution in [1.82, 2.24) is 0 Å². The summed E-state index contributed by atoms with van der Waals surface area (Å²) >= 11 is 3.45. The van der Waals surface area contributed by atoms with Gasteiger partial charge in [-0.1, -0.05) is 18.2 Å². The smallest absolute Gasteiger partial charge is 0.135 e. The Balaban J connectivity index is 1.79. The molecule has 3 aromatic rings. The highest BCUT2D eigenvalue weighted by Crippen LogP contribution is 2.28. The Morgan fingerprint density at radius 2 is 2.05 bits per heavy atom. The summed E-state index contributed by atoms with van der Waals surface area (Å²) in [6, 6.07) is 14.0. The summed E-state index contributed by atoms with van der Waals surface area (Å²) < 4.78 is 11.8. The van der Waals surface area contributed by atoms with E-state index in [0.29, 0.717) is 6.54 Å². The molecule has 0 atom stereocenters. The van der Waals surface area contributed by atoms with E-state index in [1.54, 1.807) is 13.4 Å². The van der Waals surface area contributed by atoms with Gasteiger partial charge in [0.2, 0.25) is 0 Å². The molecule has 0 spiro atoms. The molecule has 0 unspecified atom stereocenters. The number of nitrogens with one attached hydrogen (secondary N) is 1. The Kier molecular flexibility index (Phi) is 3.65. The summed E-state index contributed by atoms with van der Waals surface area (Å²) in [5, 5.41) is 4.52. The van der Waals surface area contributed by atoms with Crippen LogP contribution in [-0.2, 0) is 6.54 Å². The third-order valence-electron chi connectivity index (χ3n) is 3.20. The molecule has 3 rings (SSSR count). The van der Waals surface area contributed by atoms with Gasteiger partial charge in [0.1, 0.15) is 11.3 Å². The van der Waals surface area contributed by atoms with Crippen LogP contribution in [0.4, 0.5) is 5.69 Å². The third-order valence-corrected chi connectivity index (χ3v) is 3.85. The van der Waals surface area contributed by atoms with Gasteiger partial charge in [-0.15, -0.1) is 0 Å². The van der Waals surface area contributed by atoms with Gasteiger partial charge in [-0.05, 0) is 34.1 Å². The Bertz CT molecular complexity index is 736. The van der Waals surface area contributed by atoms with Gasteiger partial charge in [-0.3, -0.25) is 0 Å². The molecular weight excluding hydrogens is 318 g/mol. The Hall–Kier alpha value is -1.94.